The molecule has 0 unspecified atom stereocenters. The largest absolute Gasteiger partial charge is 0.346 e. The third-order valence-corrected chi connectivity index (χ3v) is 4.00. The van der Waals surface area contributed by atoms with Crippen LogP contribution in [0.2, 0.25) is 0 Å². The van der Waals surface area contributed by atoms with E-state index in [1.165, 1.54) is 4.68 Å². The van der Waals surface area contributed by atoms with Gasteiger partial charge in [0.25, 0.3) is 11.5 Å². The van der Waals surface area contributed by atoms with E-state index >= 15 is 0 Å². The van der Waals surface area contributed by atoms with E-state index in [0.717, 1.165) is 5.39 Å². The molecule has 2 aromatic heterocycles. The van der Waals surface area contributed by atoms with Crippen molar-refractivity contribution in [2.24, 2.45) is 0 Å². The van der Waals surface area contributed by atoms with Crippen LogP contribution in [0, 0.1) is 0 Å². The molecular formula is C18H22N6O2. The third-order valence-electron chi connectivity index (χ3n) is 4.00. The van der Waals surface area contributed by atoms with E-state index in [0.29, 0.717) is 5.39 Å². The average Bonchev–Trinajstić information content (AvgIpc) is 3.08. The number of nitrogens with zero attached hydrogens (tertiary/aromatic N) is 5. The van der Waals surface area contributed by atoms with Crippen molar-refractivity contribution in [3.8, 4) is 0 Å². The van der Waals surface area contributed by atoms with Crippen LogP contribution in [0.15, 0.2) is 41.5 Å². The summed E-state index contributed by atoms with van der Waals surface area (Å²) in [4.78, 5) is 24.8. The number of hydrogen-bond donors (Lipinski definition) is 1. The second-order valence-electron chi connectivity index (χ2n) is 7.31. The van der Waals surface area contributed by atoms with Gasteiger partial charge in [0.05, 0.1) is 29.9 Å². The van der Waals surface area contributed by atoms with Gasteiger partial charge in [-0.15, -0.1) is 5.10 Å². The van der Waals surface area contributed by atoms with Crippen molar-refractivity contribution >= 4 is 16.7 Å². The zero-order valence-corrected chi connectivity index (χ0v) is 15.3. The molecule has 1 aromatic carbocycles. The van der Waals surface area contributed by atoms with Crippen molar-refractivity contribution in [3.63, 3.8) is 0 Å². The van der Waals surface area contributed by atoms with E-state index < -0.39 is 0 Å². The zero-order chi connectivity index (χ0) is 18.9. The highest BCUT2D eigenvalue weighted by atomic mass is 16.2. The lowest BCUT2D eigenvalue weighted by molar-refractivity contribution is 0.0930. The summed E-state index contributed by atoms with van der Waals surface area (Å²) < 4.78 is 3.00. The second kappa shape index (κ2) is 6.70. The summed E-state index contributed by atoms with van der Waals surface area (Å²) in [5, 5.41) is 16.3. The first-order chi connectivity index (χ1) is 12.3. The minimum absolute atomic E-state index is 0.178. The predicted octanol–water partition coefficient (Wildman–Crippen LogP) is 1.56. The van der Waals surface area contributed by atoms with E-state index in [9.17, 15) is 9.59 Å². The Morgan fingerprint density at radius 3 is 2.69 bits per heavy atom. The number of fused-ring (bicyclic) bond motifs is 1. The fourth-order valence-electron chi connectivity index (χ4n) is 2.56. The molecule has 0 saturated carbocycles. The van der Waals surface area contributed by atoms with Gasteiger partial charge in [0.2, 0.25) is 0 Å². The molecule has 2 heterocycles. The molecule has 0 radical (unpaired) electrons. The predicted molar refractivity (Wildman–Crippen MR) is 97.9 cm³/mol. The lowest BCUT2D eigenvalue weighted by Gasteiger charge is -2.17. The van der Waals surface area contributed by atoms with Gasteiger partial charge < -0.3 is 5.32 Å². The van der Waals surface area contributed by atoms with Crippen LogP contribution in [0.25, 0.3) is 10.8 Å². The first kappa shape index (κ1) is 17.8. The number of amides is 1. The lowest BCUT2D eigenvalue weighted by atomic mass is 10.1. The van der Waals surface area contributed by atoms with Crippen LogP contribution in [-0.2, 0) is 12.1 Å². The fourth-order valence-corrected chi connectivity index (χ4v) is 2.56. The first-order valence-corrected chi connectivity index (χ1v) is 8.44. The third kappa shape index (κ3) is 3.63. The molecule has 0 fully saturated rings. The maximum absolute atomic E-state index is 12.5. The Morgan fingerprint density at radius 2 is 2.00 bits per heavy atom. The SMILES string of the molecule is C[C@H](Cn1ncc2ccccc2c1=O)NC(=O)c1cn(C(C)(C)C)nn1. The maximum atomic E-state index is 12.5. The van der Waals surface area contributed by atoms with Crippen molar-refractivity contribution < 1.29 is 4.79 Å². The van der Waals surface area contributed by atoms with Crippen molar-refractivity contribution in [3.05, 3.63) is 52.7 Å². The minimum atomic E-state index is -0.332. The Hall–Kier alpha value is -3.03. The number of aromatic nitrogens is 5. The molecule has 3 aromatic rings. The summed E-state index contributed by atoms with van der Waals surface area (Å²) in [6.45, 7) is 8.01. The van der Waals surface area contributed by atoms with Crippen molar-refractivity contribution in [1.82, 2.24) is 30.1 Å². The molecule has 3 rings (SSSR count). The van der Waals surface area contributed by atoms with E-state index in [4.69, 9.17) is 0 Å². The number of carbonyl (C=O) groups excluding carboxylic acids is 1. The molecule has 0 aliphatic rings. The Balaban J connectivity index is 1.72. The van der Waals surface area contributed by atoms with Crippen molar-refractivity contribution in [1.29, 1.82) is 0 Å². The molecule has 136 valence electrons. The van der Waals surface area contributed by atoms with E-state index in [-0.39, 0.29) is 35.3 Å². The molecule has 0 aliphatic carbocycles. The van der Waals surface area contributed by atoms with Gasteiger partial charge in [-0.2, -0.15) is 5.10 Å². The number of hydrogen-bond acceptors (Lipinski definition) is 5. The molecule has 0 aliphatic heterocycles. The van der Waals surface area contributed by atoms with Crippen LogP contribution in [0.3, 0.4) is 0 Å². The van der Waals surface area contributed by atoms with Crippen LogP contribution >= 0.6 is 0 Å². The van der Waals surface area contributed by atoms with Crippen LogP contribution in [0.5, 0.6) is 0 Å². The van der Waals surface area contributed by atoms with Gasteiger partial charge in [-0.1, -0.05) is 23.4 Å². The number of rotatable bonds is 4. The molecular weight excluding hydrogens is 332 g/mol. The standard InChI is InChI=1S/C18H22N6O2/c1-12(20-16(25)15-11-24(22-21-15)18(2,3)4)10-23-17(26)14-8-6-5-7-13(14)9-19-23/h5-9,11-12H,10H2,1-4H3,(H,20,25)/t12-/m1/s1. The topological polar surface area (TPSA) is 94.7 Å². The summed E-state index contributed by atoms with van der Waals surface area (Å²) in [5.74, 6) is -0.332. The number of nitrogens with one attached hydrogen (secondary N) is 1. The molecule has 26 heavy (non-hydrogen) atoms. The fraction of sp³-hybridized carbons (Fsp3) is 0.389. The van der Waals surface area contributed by atoms with Gasteiger partial charge in [-0.05, 0) is 33.8 Å². The lowest BCUT2D eigenvalue weighted by Crippen LogP contribution is -2.39. The molecule has 8 nitrogen and oxygen atoms in total. The summed E-state index contributed by atoms with van der Waals surface area (Å²) in [6.07, 6.45) is 3.27. The van der Waals surface area contributed by atoms with Crippen molar-refractivity contribution in [2.75, 3.05) is 0 Å². The smallest absolute Gasteiger partial charge is 0.274 e. The van der Waals surface area contributed by atoms with Crippen LogP contribution in [0.1, 0.15) is 38.2 Å². The maximum Gasteiger partial charge on any atom is 0.274 e. The Kier molecular flexibility index (Phi) is 4.58. The summed E-state index contributed by atoms with van der Waals surface area (Å²) >= 11 is 0. The molecule has 1 N–H and O–H groups in total. The Bertz CT molecular complexity index is 999. The zero-order valence-electron chi connectivity index (χ0n) is 15.3. The van der Waals surface area contributed by atoms with Crippen LogP contribution in [-0.4, -0.2) is 36.7 Å². The number of benzene rings is 1. The monoisotopic (exact) mass is 354 g/mol. The van der Waals surface area contributed by atoms with E-state index in [1.807, 2.05) is 45.9 Å². The quantitative estimate of drug-likeness (QED) is 0.767. The highest BCUT2D eigenvalue weighted by Crippen LogP contribution is 2.12. The first-order valence-electron chi connectivity index (χ1n) is 8.44. The van der Waals surface area contributed by atoms with Gasteiger partial charge in [0.15, 0.2) is 5.69 Å². The van der Waals surface area contributed by atoms with Gasteiger partial charge in [0.1, 0.15) is 0 Å². The Labute approximate surface area is 150 Å². The summed E-state index contributed by atoms with van der Waals surface area (Å²) in [7, 11) is 0. The molecule has 1 atom stereocenters. The average molecular weight is 354 g/mol. The highest BCUT2D eigenvalue weighted by Gasteiger charge is 2.19. The van der Waals surface area contributed by atoms with Crippen molar-refractivity contribution in [2.45, 2.75) is 45.8 Å². The van der Waals surface area contributed by atoms with Gasteiger partial charge in [-0.25, -0.2) is 9.36 Å². The molecule has 0 bridgehead atoms. The number of carbonyl (C=O) groups is 1. The molecule has 8 heteroatoms. The molecule has 1 amide bonds. The van der Waals surface area contributed by atoms with Gasteiger partial charge in [0, 0.05) is 11.4 Å². The minimum Gasteiger partial charge on any atom is -0.346 e. The van der Waals surface area contributed by atoms with E-state index in [2.05, 4.69) is 20.7 Å². The van der Waals surface area contributed by atoms with Gasteiger partial charge in [-0.3, -0.25) is 9.59 Å². The highest BCUT2D eigenvalue weighted by molar-refractivity contribution is 5.92. The normalized spacial score (nSPS) is 12.9. The summed E-state index contributed by atoms with van der Waals surface area (Å²) in [6, 6.07) is 7.00. The summed E-state index contributed by atoms with van der Waals surface area (Å²) in [5.41, 5.74) is -0.187. The van der Waals surface area contributed by atoms with Crippen LogP contribution < -0.4 is 10.9 Å². The molecule has 0 saturated heterocycles. The second-order valence-corrected chi connectivity index (χ2v) is 7.31. The van der Waals surface area contributed by atoms with Gasteiger partial charge >= 0.3 is 0 Å². The molecule has 0 spiro atoms. The van der Waals surface area contributed by atoms with E-state index in [1.54, 1.807) is 23.1 Å². The van der Waals surface area contributed by atoms with Crippen LogP contribution in [0.4, 0.5) is 0 Å². The Morgan fingerprint density at radius 1 is 1.27 bits per heavy atom.